The maximum absolute atomic E-state index is 11.9. The van der Waals surface area contributed by atoms with Crippen LogP contribution < -0.4 is 10.0 Å². The summed E-state index contributed by atoms with van der Waals surface area (Å²) in [6, 6.07) is -0.0793. The van der Waals surface area contributed by atoms with Gasteiger partial charge in [-0.1, -0.05) is 0 Å². The Morgan fingerprint density at radius 2 is 2.28 bits per heavy atom. The predicted molar refractivity (Wildman–Crippen MR) is 67.2 cm³/mol. The standard InChI is InChI=1S/C10H21N3O4S/c1-13(7-5-10(14)17-2)18(15,16)12-9-4-3-6-11-8-9/h9,11-12H,3-8H2,1-2H3. The van der Waals surface area contributed by atoms with Crippen molar-refractivity contribution in [3.05, 3.63) is 0 Å². The van der Waals surface area contributed by atoms with Gasteiger partial charge in [0.05, 0.1) is 13.5 Å². The number of carbonyl (C=O) groups is 1. The number of hydrogen-bond donors (Lipinski definition) is 2. The first-order chi connectivity index (χ1) is 8.45. The van der Waals surface area contributed by atoms with Gasteiger partial charge in [-0.15, -0.1) is 0 Å². The van der Waals surface area contributed by atoms with Crippen molar-refractivity contribution in [2.45, 2.75) is 25.3 Å². The lowest BCUT2D eigenvalue weighted by Crippen LogP contribution is -2.50. The Kier molecular flexibility index (Phi) is 6.00. The second-order valence-electron chi connectivity index (χ2n) is 4.31. The average Bonchev–Trinajstić information content (AvgIpc) is 2.36. The highest BCUT2D eigenvalue weighted by atomic mass is 32.2. The summed E-state index contributed by atoms with van der Waals surface area (Å²) in [4.78, 5) is 11.0. The average molecular weight is 279 g/mol. The second kappa shape index (κ2) is 7.03. The first-order valence-corrected chi connectivity index (χ1v) is 7.41. The van der Waals surface area contributed by atoms with Crippen LogP contribution in [0.3, 0.4) is 0 Å². The number of piperidine rings is 1. The number of hydrogen-bond acceptors (Lipinski definition) is 5. The normalized spacial score (nSPS) is 20.9. The van der Waals surface area contributed by atoms with E-state index in [9.17, 15) is 13.2 Å². The lowest BCUT2D eigenvalue weighted by molar-refractivity contribution is -0.140. The number of methoxy groups -OCH3 is 1. The topological polar surface area (TPSA) is 87.7 Å². The summed E-state index contributed by atoms with van der Waals surface area (Å²) in [6.07, 6.45) is 1.84. The summed E-state index contributed by atoms with van der Waals surface area (Å²) < 4.78 is 32.1. The zero-order valence-corrected chi connectivity index (χ0v) is 11.6. The fraction of sp³-hybridized carbons (Fsp3) is 0.900. The summed E-state index contributed by atoms with van der Waals surface area (Å²) in [7, 11) is -0.802. The monoisotopic (exact) mass is 279 g/mol. The highest BCUT2D eigenvalue weighted by Crippen LogP contribution is 2.05. The molecule has 1 fully saturated rings. The van der Waals surface area contributed by atoms with E-state index in [1.807, 2.05) is 0 Å². The van der Waals surface area contributed by atoms with Crippen molar-refractivity contribution in [2.24, 2.45) is 0 Å². The number of nitrogens with zero attached hydrogens (tertiary/aromatic N) is 1. The molecule has 0 aromatic heterocycles. The quantitative estimate of drug-likeness (QED) is 0.613. The van der Waals surface area contributed by atoms with Crippen LogP contribution in [0.15, 0.2) is 0 Å². The van der Waals surface area contributed by atoms with Crippen molar-refractivity contribution in [2.75, 3.05) is 33.8 Å². The Morgan fingerprint density at radius 1 is 1.56 bits per heavy atom. The Bertz CT molecular complexity index is 365. The summed E-state index contributed by atoms with van der Waals surface area (Å²) >= 11 is 0. The molecule has 18 heavy (non-hydrogen) atoms. The second-order valence-corrected chi connectivity index (χ2v) is 6.12. The third-order valence-electron chi connectivity index (χ3n) is 2.88. The predicted octanol–water partition coefficient (Wildman–Crippen LogP) is -0.932. The largest absolute Gasteiger partial charge is 0.469 e. The highest BCUT2D eigenvalue weighted by Gasteiger charge is 2.23. The molecule has 0 spiro atoms. The summed E-state index contributed by atoms with van der Waals surface area (Å²) in [5, 5.41) is 3.14. The molecule has 0 saturated carbocycles. The van der Waals surface area contributed by atoms with Crippen molar-refractivity contribution in [3.63, 3.8) is 0 Å². The highest BCUT2D eigenvalue weighted by molar-refractivity contribution is 7.87. The maximum Gasteiger partial charge on any atom is 0.306 e. The van der Waals surface area contributed by atoms with E-state index in [0.717, 1.165) is 23.7 Å². The lowest BCUT2D eigenvalue weighted by Gasteiger charge is -2.26. The number of nitrogens with one attached hydrogen (secondary N) is 2. The first kappa shape index (κ1) is 15.4. The molecule has 0 radical (unpaired) electrons. The van der Waals surface area contributed by atoms with Gasteiger partial charge in [0.15, 0.2) is 0 Å². The summed E-state index contributed by atoms with van der Waals surface area (Å²) in [5.74, 6) is -0.420. The molecule has 1 saturated heterocycles. The molecular weight excluding hydrogens is 258 g/mol. The van der Waals surface area contributed by atoms with Crippen LogP contribution in [0.4, 0.5) is 0 Å². The third-order valence-corrected chi connectivity index (χ3v) is 4.52. The molecular formula is C10H21N3O4S. The molecule has 1 rings (SSSR count). The van der Waals surface area contributed by atoms with E-state index >= 15 is 0 Å². The molecule has 1 heterocycles. The fourth-order valence-corrected chi connectivity index (χ4v) is 2.86. The third kappa shape index (κ3) is 4.89. The molecule has 2 N–H and O–H groups in total. The van der Waals surface area contributed by atoms with Crippen LogP contribution in [-0.2, 0) is 19.7 Å². The molecule has 7 nitrogen and oxygen atoms in total. The molecule has 0 aromatic rings. The first-order valence-electron chi connectivity index (χ1n) is 5.97. The molecule has 1 aliphatic rings. The van der Waals surface area contributed by atoms with Crippen molar-refractivity contribution in [1.82, 2.24) is 14.3 Å². The molecule has 1 unspecified atom stereocenters. The molecule has 8 heteroatoms. The van der Waals surface area contributed by atoms with Gasteiger partial charge in [0.25, 0.3) is 10.2 Å². The zero-order chi connectivity index (χ0) is 13.6. The smallest absolute Gasteiger partial charge is 0.306 e. The van der Waals surface area contributed by atoms with E-state index in [1.165, 1.54) is 14.2 Å². The van der Waals surface area contributed by atoms with E-state index < -0.39 is 16.2 Å². The minimum Gasteiger partial charge on any atom is -0.469 e. The maximum atomic E-state index is 11.9. The van der Waals surface area contributed by atoms with E-state index in [0.29, 0.717) is 6.54 Å². The zero-order valence-electron chi connectivity index (χ0n) is 10.8. The van der Waals surface area contributed by atoms with Crippen molar-refractivity contribution in [3.8, 4) is 0 Å². The SMILES string of the molecule is COC(=O)CCN(C)S(=O)(=O)NC1CCCNC1. The Hall–Kier alpha value is -0.700. The van der Waals surface area contributed by atoms with E-state index in [1.54, 1.807) is 0 Å². The minimum absolute atomic E-state index is 0.0524. The van der Waals surface area contributed by atoms with Crippen molar-refractivity contribution < 1.29 is 17.9 Å². The lowest BCUT2D eigenvalue weighted by atomic mass is 10.1. The van der Waals surface area contributed by atoms with Gasteiger partial charge in [-0.25, -0.2) is 0 Å². The van der Waals surface area contributed by atoms with Crippen LogP contribution in [-0.4, -0.2) is 58.5 Å². The van der Waals surface area contributed by atoms with Crippen LogP contribution in [0.5, 0.6) is 0 Å². The molecule has 1 aliphatic heterocycles. The van der Waals surface area contributed by atoms with Gasteiger partial charge < -0.3 is 10.1 Å². The van der Waals surface area contributed by atoms with Crippen molar-refractivity contribution in [1.29, 1.82) is 0 Å². The van der Waals surface area contributed by atoms with Gasteiger partial charge in [-0.05, 0) is 19.4 Å². The molecule has 0 amide bonds. The van der Waals surface area contributed by atoms with E-state index in [-0.39, 0.29) is 19.0 Å². The molecule has 0 aromatic carbocycles. The van der Waals surface area contributed by atoms with E-state index in [4.69, 9.17) is 0 Å². The summed E-state index contributed by atoms with van der Waals surface area (Å²) in [6.45, 7) is 1.68. The van der Waals surface area contributed by atoms with Crippen LogP contribution in [0.1, 0.15) is 19.3 Å². The molecule has 0 aliphatic carbocycles. The Labute approximate surface area is 108 Å². The number of carbonyl (C=O) groups excluding carboxylic acids is 1. The van der Waals surface area contributed by atoms with Crippen molar-refractivity contribution >= 4 is 16.2 Å². The number of rotatable bonds is 6. The Balaban J connectivity index is 2.43. The van der Waals surface area contributed by atoms with Gasteiger partial charge in [-0.3, -0.25) is 4.79 Å². The number of esters is 1. The van der Waals surface area contributed by atoms with Crippen LogP contribution >= 0.6 is 0 Å². The molecule has 106 valence electrons. The summed E-state index contributed by atoms with van der Waals surface area (Å²) in [5.41, 5.74) is 0. The van der Waals surface area contributed by atoms with E-state index in [2.05, 4.69) is 14.8 Å². The fourth-order valence-electron chi connectivity index (χ4n) is 1.72. The Morgan fingerprint density at radius 3 is 2.83 bits per heavy atom. The van der Waals surface area contributed by atoms with Crippen LogP contribution in [0, 0.1) is 0 Å². The van der Waals surface area contributed by atoms with Gasteiger partial charge in [-0.2, -0.15) is 17.4 Å². The van der Waals surface area contributed by atoms with Gasteiger partial charge >= 0.3 is 5.97 Å². The number of ether oxygens (including phenoxy) is 1. The van der Waals surface area contributed by atoms with Crippen LogP contribution in [0.25, 0.3) is 0 Å². The molecule has 0 bridgehead atoms. The van der Waals surface area contributed by atoms with Crippen LogP contribution in [0.2, 0.25) is 0 Å². The van der Waals surface area contributed by atoms with Gasteiger partial charge in [0.2, 0.25) is 0 Å². The molecule has 1 atom stereocenters. The minimum atomic E-state index is -3.53. The van der Waals surface area contributed by atoms with Gasteiger partial charge in [0, 0.05) is 26.2 Å². The van der Waals surface area contributed by atoms with Gasteiger partial charge in [0.1, 0.15) is 0 Å².